The molecule has 130 valence electrons. The van der Waals surface area contributed by atoms with E-state index in [2.05, 4.69) is 32.8 Å². The van der Waals surface area contributed by atoms with Gasteiger partial charge in [0.15, 0.2) is 0 Å². The van der Waals surface area contributed by atoms with Crippen LogP contribution in [0.3, 0.4) is 0 Å². The molecular formula is C20H16ClN3OS. The van der Waals surface area contributed by atoms with Crippen LogP contribution in [0.2, 0.25) is 5.28 Å². The van der Waals surface area contributed by atoms with E-state index in [0.29, 0.717) is 5.82 Å². The van der Waals surface area contributed by atoms with Crippen molar-refractivity contribution >= 4 is 44.7 Å². The molecule has 2 aromatic heterocycles. The van der Waals surface area contributed by atoms with Crippen LogP contribution in [0.15, 0.2) is 53.9 Å². The van der Waals surface area contributed by atoms with Gasteiger partial charge in [-0.2, -0.15) is 4.98 Å². The molecule has 1 N–H and O–H groups in total. The molecular weight excluding hydrogens is 366 g/mol. The number of ether oxygens (including phenoxy) is 1. The van der Waals surface area contributed by atoms with Gasteiger partial charge in [0.2, 0.25) is 5.28 Å². The average Bonchev–Trinajstić information content (AvgIpc) is 3.06. The molecule has 0 amide bonds. The maximum absolute atomic E-state index is 6.16. The zero-order valence-electron chi connectivity index (χ0n) is 14.3. The summed E-state index contributed by atoms with van der Waals surface area (Å²) in [5.41, 5.74) is 4.16. The lowest BCUT2D eigenvalue weighted by atomic mass is 10.1. The summed E-state index contributed by atoms with van der Waals surface area (Å²) in [7, 11) is 1.65. The van der Waals surface area contributed by atoms with Crippen LogP contribution in [-0.4, -0.2) is 17.1 Å². The van der Waals surface area contributed by atoms with E-state index in [-0.39, 0.29) is 5.28 Å². The topological polar surface area (TPSA) is 47.0 Å². The van der Waals surface area contributed by atoms with E-state index in [9.17, 15) is 0 Å². The molecule has 0 aliphatic heterocycles. The largest absolute Gasteiger partial charge is 0.495 e. The Morgan fingerprint density at radius 3 is 2.65 bits per heavy atom. The van der Waals surface area contributed by atoms with Gasteiger partial charge in [0.25, 0.3) is 0 Å². The van der Waals surface area contributed by atoms with Crippen LogP contribution in [0.1, 0.15) is 5.56 Å². The first-order chi connectivity index (χ1) is 12.7. The third kappa shape index (κ3) is 3.11. The van der Waals surface area contributed by atoms with E-state index >= 15 is 0 Å². The van der Waals surface area contributed by atoms with Crippen molar-refractivity contribution in [3.8, 4) is 16.9 Å². The second kappa shape index (κ2) is 6.94. The molecule has 4 nitrogen and oxygen atoms in total. The van der Waals surface area contributed by atoms with E-state index in [1.54, 1.807) is 18.4 Å². The lowest BCUT2D eigenvalue weighted by molar-refractivity contribution is 0.416. The number of hydrogen-bond donors (Lipinski definition) is 1. The lowest BCUT2D eigenvalue weighted by Crippen LogP contribution is -1.99. The Bertz CT molecular complexity index is 1080. The first kappa shape index (κ1) is 16.8. The first-order valence-corrected chi connectivity index (χ1v) is 9.33. The molecule has 0 saturated heterocycles. The number of anilines is 2. The van der Waals surface area contributed by atoms with Gasteiger partial charge in [-0.05, 0) is 41.8 Å². The van der Waals surface area contributed by atoms with E-state index in [4.69, 9.17) is 16.3 Å². The van der Waals surface area contributed by atoms with Gasteiger partial charge in [-0.15, -0.1) is 11.3 Å². The van der Waals surface area contributed by atoms with Crippen molar-refractivity contribution in [1.29, 1.82) is 0 Å². The number of halogens is 1. The monoisotopic (exact) mass is 381 g/mol. The third-order valence-electron chi connectivity index (χ3n) is 4.10. The van der Waals surface area contributed by atoms with Crippen LogP contribution in [0, 0.1) is 6.92 Å². The Morgan fingerprint density at radius 2 is 1.88 bits per heavy atom. The molecule has 0 atom stereocenters. The second-order valence-corrected chi connectivity index (χ2v) is 7.06. The molecule has 2 aromatic carbocycles. The molecule has 0 saturated carbocycles. The van der Waals surface area contributed by atoms with Crippen LogP contribution in [0.4, 0.5) is 11.5 Å². The van der Waals surface area contributed by atoms with Crippen LogP contribution < -0.4 is 10.1 Å². The number of thiophene rings is 1. The summed E-state index contributed by atoms with van der Waals surface area (Å²) in [5.74, 6) is 1.42. The third-order valence-corrected chi connectivity index (χ3v) is 5.14. The van der Waals surface area contributed by atoms with Gasteiger partial charge in [-0.1, -0.05) is 36.4 Å². The maximum atomic E-state index is 6.16. The number of aryl methyl sites for hydroxylation is 1. The fraction of sp³-hybridized carbons (Fsp3) is 0.100. The van der Waals surface area contributed by atoms with Crippen molar-refractivity contribution in [2.45, 2.75) is 6.92 Å². The Labute approximate surface area is 160 Å². The number of methoxy groups -OCH3 is 1. The number of fused-ring (bicyclic) bond motifs is 1. The van der Waals surface area contributed by atoms with Gasteiger partial charge in [0, 0.05) is 10.9 Å². The van der Waals surface area contributed by atoms with Crippen molar-refractivity contribution in [1.82, 2.24) is 9.97 Å². The first-order valence-electron chi connectivity index (χ1n) is 8.07. The number of benzene rings is 2. The number of hydrogen-bond acceptors (Lipinski definition) is 5. The van der Waals surface area contributed by atoms with Crippen LogP contribution in [-0.2, 0) is 0 Å². The van der Waals surface area contributed by atoms with Gasteiger partial charge < -0.3 is 10.1 Å². The summed E-state index contributed by atoms with van der Waals surface area (Å²) >= 11 is 7.72. The van der Waals surface area contributed by atoms with Gasteiger partial charge in [0.1, 0.15) is 16.4 Å². The molecule has 6 heteroatoms. The highest BCUT2D eigenvalue weighted by Gasteiger charge is 2.16. The molecule has 26 heavy (non-hydrogen) atoms. The van der Waals surface area contributed by atoms with Crippen LogP contribution >= 0.6 is 22.9 Å². The Kier molecular flexibility index (Phi) is 4.49. The minimum atomic E-state index is 0.216. The summed E-state index contributed by atoms with van der Waals surface area (Å²) in [6.07, 6.45) is 0. The number of nitrogens with zero attached hydrogens (tertiary/aromatic N) is 2. The Balaban J connectivity index is 1.90. The molecule has 0 bridgehead atoms. The van der Waals surface area contributed by atoms with Crippen molar-refractivity contribution in [3.63, 3.8) is 0 Å². The van der Waals surface area contributed by atoms with Gasteiger partial charge in [-0.25, -0.2) is 4.98 Å². The van der Waals surface area contributed by atoms with E-state index in [0.717, 1.165) is 38.3 Å². The lowest BCUT2D eigenvalue weighted by Gasteiger charge is -2.13. The van der Waals surface area contributed by atoms with E-state index in [1.165, 1.54) is 0 Å². The zero-order chi connectivity index (χ0) is 18.1. The van der Waals surface area contributed by atoms with Crippen molar-refractivity contribution in [3.05, 3.63) is 64.8 Å². The molecule has 0 aliphatic carbocycles. The minimum Gasteiger partial charge on any atom is -0.495 e. The SMILES string of the molecule is COc1ccc(C)cc1Nc1nc(Cl)nc2scc(-c3ccccc3)c12. The van der Waals surface area contributed by atoms with Crippen LogP contribution in [0.5, 0.6) is 5.75 Å². The Morgan fingerprint density at radius 1 is 1.08 bits per heavy atom. The standard InChI is InChI=1S/C20H16ClN3OS/c1-12-8-9-16(25-2)15(10-12)22-18-17-14(13-6-4-3-5-7-13)11-26-19(17)24-20(21)23-18/h3-11H,1-2H3,(H,22,23,24). The van der Waals surface area contributed by atoms with Crippen molar-refractivity contribution in [2.75, 3.05) is 12.4 Å². The van der Waals surface area contributed by atoms with E-state index < -0.39 is 0 Å². The number of nitrogens with one attached hydrogen (secondary N) is 1. The Hall–Kier alpha value is -2.63. The van der Waals surface area contributed by atoms with Crippen molar-refractivity contribution < 1.29 is 4.74 Å². The quantitative estimate of drug-likeness (QED) is 0.435. The molecule has 4 rings (SSSR count). The fourth-order valence-electron chi connectivity index (χ4n) is 2.88. The van der Waals surface area contributed by atoms with Gasteiger partial charge in [-0.3, -0.25) is 0 Å². The molecule has 0 spiro atoms. The van der Waals surface area contributed by atoms with Gasteiger partial charge in [0.05, 0.1) is 18.2 Å². The maximum Gasteiger partial charge on any atom is 0.225 e. The van der Waals surface area contributed by atoms with Crippen molar-refractivity contribution in [2.24, 2.45) is 0 Å². The minimum absolute atomic E-state index is 0.216. The molecule has 0 aliphatic rings. The summed E-state index contributed by atoms with van der Waals surface area (Å²) in [5, 5.41) is 6.65. The second-order valence-electron chi connectivity index (χ2n) is 5.87. The summed E-state index contributed by atoms with van der Waals surface area (Å²) in [6, 6.07) is 16.2. The van der Waals surface area contributed by atoms with E-state index in [1.807, 2.05) is 43.3 Å². The predicted octanol–water partition coefficient (Wildman–Crippen LogP) is 6.07. The zero-order valence-corrected chi connectivity index (χ0v) is 15.9. The highest BCUT2D eigenvalue weighted by Crippen LogP contribution is 2.39. The average molecular weight is 382 g/mol. The fourth-order valence-corrected chi connectivity index (χ4v) is 4.05. The smallest absolute Gasteiger partial charge is 0.225 e. The molecule has 2 heterocycles. The number of aromatic nitrogens is 2. The van der Waals surface area contributed by atoms with Gasteiger partial charge >= 0.3 is 0 Å². The molecule has 0 fully saturated rings. The summed E-state index contributed by atoms with van der Waals surface area (Å²) in [6.45, 7) is 2.03. The molecule has 4 aromatic rings. The predicted molar refractivity (Wildman–Crippen MR) is 109 cm³/mol. The molecule has 0 unspecified atom stereocenters. The normalized spacial score (nSPS) is 10.9. The highest BCUT2D eigenvalue weighted by molar-refractivity contribution is 7.17. The summed E-state index contributed by atoms with van der Waals surface area (Å²) < 4.78 is 5.47. The summed E-state index contributed by atoms with van der Waals surface area (Å²) in [4.78, 5) is 9.69. The molecule has 0 radical (unpaired) electrons. The van der Waals surface area contributed by atoms with Crippen LogP contribution in [0.25, 0.3) is 21.3 Å². The highest BCUT2D eigenvalue weighted by atomic mass is 35.5. The number of rotatable bonds is 4.